The van der Waals surface area contributed by atoms with Crippen LogP contribution in [-0.4, -0.2) is 44.5 Å². The lowest BCUT2D eigenvalue weighted by atomic mass is 10.1. The SMILES string of the molecule is COCC(=O)NNC(=S)Nc1ccc2ncc(-c3cnn(C)c3)cc2n1. The summed E-state index contributed by atoms with van der Waals surface area (Å²) in [4.78, 5) is 20.3. The summed E-state index contributed by atoms with van der Waals surface area (Å²) in [6, 6.07) is 5.52. The first-order valence-electron chi connectivity index (χ1n) is 7.66. The van der Waals surface area contributed by atoms with Crippen molar-refractivity contribution < 1.29 is 9.53 Å². The van der Waals surface area contributed by atoms with E-state index in [0.29, 0.717) is 11.3 Å². The minimum Gasteiger partial charge on any atom is -0.375 e. The van der Waals surface area contributed by atoms with Gasteiger partial charge in [-0.05, 0) is 30.4 Å². The highest BCUT2D eigenvalue weighted by Crippen LogP contribution is 2.22. The van der Waals surface area contributed by atoms with Crippen molar-refractivity contribution in [2.75, 3.05) is 19.0 Å². The van der Waals surface area contributed by atoms with Crippen molar-refractivity contribution in [2.45, 2.75) is 0 Å². The number of aromatic nitrogens is 4. The molecule has 3 aromatic rings. The largest absolute Gasteiger partial charge is 0.375 e. The zero-order valence-electron chi connectivity index (χ0n) is 14.2. The molecule has 3 rings (SSSR count). The van der Waals surface area contributed by atoms with E-state index < -0.39 is 0 Å². The lowest BCUT2D eigenvalue weighted by Crippen LogP contribution is -2.45. The number of hydrazine groups is 1. The number of hydrogen-bond acceptors (Lipinski definition) is 6. The maximum Gasteiger partial charge on any atom is 0.264 e. The highest BCUT2D eigenvalue weighted by atomic mass is 32.1. The summed E-state index contributed by atoms with van der Waals surface area (Å²) >= 11 is 5.12. The third kappa shape index (κ3) is 4.29. The molecule has 0 aliphatic heterocycles. The Balaban J connectivity index is 1.73. The van der Waals surface area contributed by atoms with Crippen LogP contribution in [0.2, 0.25) is 0 Å². The third-order valence-corrected chi connectivity index (χ3v) is 3.61. The molecule has 134 valence electrons. The van der Waals surface area contributed by atoms with Crippen LogP contribution in [0, 0.1) is 0 Å². The molecule has 3 N–H and O–H groups in total. The van der Waals surface area contributed by atoms with Crippen LogP contribution in [0.3, 0.4) is 0 Å². The van der Waals surface area contributed by atoms with Gasteiger partial charge in [-0.25, -0.2) is 4.98 Å². The van der Waals surface area contributed by atoms with Crippen molar-refractivity contribution in [3.05, 3.63) is 36.8 Å². The van der Waals surface area contributed by atoms with E-state index in [2.05, 4.69) is 31.2 Å². The van der Waals surface area contributed by atoms with Gasteiger partial charge in [0.15, 0.2) is 5.11 Å². The number of nitrogens with zero attached hydrogens (tertiary/aromatic N) is 4. The Kier molecular flexibility index (Phi) is 5.34. The molecule has 0 atom stereocenters. The number of hydrogen-bond donors (Lipinski definition) is 3. The second-order valence-corrected chi connectivity index (χ2v) is 5.83. The molecule has 0 unspecified atom stereocenters. The van der Waals surface area contributed by atoms with Crippen LogP contribution in [0.4, 0.5) is 5.82 Å². The van der Waals surface area contributed by atoms with Gasteiger partial charge in [-0.3, -0.25) is 25.3 Å². The number of nitrogens with one attached hydrogen (secondary N) is 3. The first kappa shape index (κ1) is 17.7. The molecule has 0 spiro atoms. The van der Waals surface area contributed by atoms with E-state index in [9.17, 15) is 4.79 Å². The highest BCUT2D eigenvalue weighted by Gasteiger charge is 2.06. The van der Waals surface area contributed by atoms with Gasteiger partial charge in [0, 0.05) is 37.7 Å². The van der Waals surface area contributed by atoms with Crippen LogP contribution in [0.1, 0.15) is 0 Å². The Labute approximate surface area is 154 Å². The van der Waals surface area contributed by atoms with Gasteiger partial charge in [0.25, 0.3) is 5.91 Å². The van der Waals surface area contributed by atoms with E-state index in [-0.39, 0.29) is 17.6 Å². The van der Waals surface area contributed by atoms with Crippen LogP contribution in [-0.2, 0) is 16.6 Å². The molecule has 26 heavy (non-hydrogen) atoms. The topological polar surface area (TPSA) is 106 Å². The van der Waals surface area contributed by atoms with Gasteiger partial charge in [0.05, 0.1) is 17.2 Å². The van der Waals surface area contributed by atoms with Gasteiger partial charge in [-0.1, -0.05) is 0 Å². The van der Waals surface area contributed by atoms with Crippen LogP contribution in [0.25, 0.3) is 22.2 Å². The van der Waals surface area contributed by atoms with Crippen LogP contribution >= 0.6 is 12.2 Å². The average molecular weight is 371 g/mol. The van der Waals surface area contributed by atoms with Crippen LogP contribution < -0.4 is 16.2 Å². The number of thiocarbonyl (C=S) groups is 1. The van der Waals surface area contributed by atoms with Gasteiger partial charge in [0.1, 0.15) is 12.4 Å². The van der Waals surface area contributed by atoms with E-state index in [0.717, 1.165) is 16.6 Å². The predicted octanol–water partition coefficient (Wildman–Crippen LogP) is 0.994. The van der Waals surface area contributed by atoms with Crippen molar-refractivity contribution in [3.8, 4) is 11.1 Å². The number of aryl methyl sites for hydroxylation is 1. The number of rotatable bonds is 4. The van der Waals surface area contributed by atoms with Crippen molar-refractivity contribution in [1.82, 2.24) is 30.6 Å². The molecule has 0 fully saturated rings. The Morgan fingerprint density at radius 3 is 2.81 bits per heavy atom. The summed E-state index contributed by atoms with van der Waals surface area (Å²) in [7, 11) is 3.29. The quantitative estimate of drug-likeness (QED) is 0.461. The van der Waals surface area contributed by atoms with Crippen molar-refractivity contribution >= 4 is 40.1 Å². The first-order chi connectivity index (χ1) is 12.5. The lowest BCUT2D eigenvalue weighted by Gasteiger charge is -2.11. The summed E-state index contributed by atoms with van der Waals surface area (Å²) in [6.07, 6.45) is 5.46. The second kappa shape index (κ2) is 7.85. The number of anilines is 1. The number of pyridine rings is 2. The van der Waals surface area contributed by atoms with Gasteiger partial charge < -0.3 is 10.1 Å². The maximum atomic E-state index is 11.3. The zero-order chi connectivity index (χ0) is 18.5. The molecule has 1 amide bonds. The highest BCUT2D eigenvalue weighted by molar-refractivity contribution is 7.80. The third-order valence-electron chi connectivity index (χ3n) is 3.41. The standard InChI is InChI=1S/C16H17N7O2S/c1-23-8-11(7-18-23)10-5-13-12(17-6-10)3-4-14(19-13)20-16(26)22-21-15(24)9-25-2/h3-8H,9H2,1-2H3,(H,21,24)(H2,19,20,22,26). The monoisotopic (exact) mass is 371 g/mol. The molecule has 0 saturated carbocycles. The smallest absolute Gasteiger partial charge is 0.264 e. The fraction of sp³-hybridized carbons (Fsp3) is 0.188. The van der Waals surface area contributed by atoms with E-state index in [1.807, 2.05) is 25.4 Å². The molecule has 0 aliphatic carbocycles. The van der Waals surface area contributed by atoms with Gasteiger partial charge >= 0.3 is 0 Å². The molecule has 3 aromatic heterocycles. The number of carbonyl (C=O) groups is 1. The Hall–Kier alpha value is -3.11. The summed E-state index contributed by atoms with van der Waals surface area (Å²) in [5.74, 6) is 0.189. The second-order valence-electron chi connectivity index (χ2n) is 5.42. The zero-order valence-corrected chi connectivity index (χ0v) is 15.0. The molecular weight excluding hydrogens is 354 g/mol. The number of methoxy groups -OCH3 is 1. The molecule has 0 aliphatic rings. The fourth-order valence-electron chi connectivity index (χ4n) is 2.25. The Bertz CT molecular complexity index is 957. The van der Waals surface area contributed by atoms with E-state index in [4.69, 9.17) is 17.0 Å². The van der Waals surface area contributed by atoms with Crippen molar-refractivity contribution in [1.29, 1.82) is 0 Å². The number of fused-ring (bicyclic) bond motifs is 1. The fourth-order valence-corrected chi connectivity index (χ4v) is 2.40. The molecule has 9 nitrogen and oxygen atoms in total. The molecule has 3 heterocycles. The van der Waals surface area contributed by atoms with Crippen LogP contribution in [0.15, 0.2) is 36.8 Å². The molecule has 10 heteroatoms. The maximum absolute atomic E-state index is 11.3. The normalized spacial score (nSPS) is 10.5. The molecule has 0 aromatic carbocycles. The summed E-state index contributed by atoms with van der Waals surface area (Å²) in [6.45, 7) is -0.0629. The first-order valence-corrected chi connectivity index (χ1v) is 8.06. The molecule has 0 radical (unpaired) electrons. The van der Waals surface area contributed by atoms with Crippen molar-refractivity contribution in [3.63, 3.8) is 0 Å². The molecule has 0 bridgehead atoms. The molecular formula is C16H17N7O2S. The number of ether oxygens (including phenoxy) is 1. The van der Waals surface area contributed by atoms with Crippen LogP contribution in [0.5, 0.6) is 0 Å². The minimum atomic E-state index is -0.339. The van der Waals surface area contributed by atoms with Gasteiger partial charge in [-0.2, -0.15) is 5.10 Å². The van der Waals surface area contributed by atoms with E-state index in [1.165, 1.54) is 7.11 Å². The van der Waals surface area contributed by atoms with E-state index >= 15 is 0 Å². The number of carbonyl (C=O) groups excluding carboxylic acids is 1. The summed E-state index contributed by atoms with van der Waals surface area (Å²) in [5.41, 5.74) is 8.33. The van der Waals surface area contributed by atoms with Gasteiger partial charge in [-0.15, -0.1) is 0 Å². The molecule has 0 saturated heterocycles. The van der Waals surface area contributed by atoms with E-state index in [1.54, 1.807) is 23.1 Å². The summed E-state index contributed by atoms with van der Waals surface area (Å²) in [5, 5.41) is 7.28. The predicted molar refractivity (Wildman–Crippen MR) is 101 cm³/mol. The average Bonchev–Trinajstić information content (AvgIpc) is 3.06. The minimum absolute atomic E-state index is 0.0629. The Morgan fingerprint density at radius 1 is 1.23 bits per heavy atom. The Morgan fingerprint density at radius 2 is 2.08 bits per heavy atom. The van der Waals surface area contributed by atoms with Crippen molar-refractivity contribution in [2.24, 2.45) is 7.05 Å². The lowest BCUT2D eigenvalue weighted by molar-refractivity contribution is -0.125. The summed E-state index contributed by atoms with van der Waals surface area (Å²) < 4.78 is 6.44. The number of amides is 1. The van der Waals surface area contributed by atoms with Gasteiger partial charge in [0.2, 0.25) is 0 Å².